The van der Waals surface area contributed by atoms with Gasteiger partial charge in [-0.15, -0.1) is 0 Å². The van der Waals surface area contributed by atoms with Crippen molar-refractivity contribution in [3.63, 3.8) is 0 Å². The topological polar surface area (TPSA) is 74.3 Å². The average Bonchev–Trinajstić information content (AvgIpc) is 2.79. The summed E-state index contributed by atoms with van der Waals surface area (Å²) in [6.07, 6.45) is 8.99. The van der Waals surface area contributed by atoms with Gasteiger partial charge in [0, 0.05) is 19.2 Å². The maximum absolute atomic E-state index is 12.5. The summed E-state index contributed by atoms with van der Waals surface area (Å²) in [5.74, 6) is 2.14. The van der Waals surface area contributed by atoms with Gasteiger partial charge in [0.05, 0.1) is 21.3 Å². The number of hydrogen-bond acceptors (Lipinski definition) is 6. The molecule has 2 aliphatic rings. The number of carbonyl (C=O) groups is 2. The van der Waals surface area contributed by atoms with Crippen molar-refractivity contribution in [3.05, 3.63) is 23.8 Å². The molecule has 1 heterocycles. The van der Waals surface area contributed by atoms with E-state index in [2.05, 4.69) is 0 Å². The predicted octanol–water partition coefficient (Wildman–Crippen LogP) is 3.31. The Morgan fingerprint density at radius 3 is 2.30 bits per heavy atom. The molecular weight excluding hydrogens is 386 g/mol. The van der Waals surface area contributed by atoms with E-state index in [-0.39, 0.29) is 12.5 Å². The second-order valence-corrected chi connectivity index (χ2v) is 7.83. The van der Waals surface area contributed by atoms with E-state index in [9.17, 15) is 9.59 Å². The van der Waals surface area contributed by atoms with Crippen molar-refractivity contribution in [2.75, 3.05) is 41.0 Å². The van der Waals surface area contributed by atoms with E-state index in [0.29, 0.717) is 28.7 Å². The number of carbonyl (C=O) groups excluding carboxylic acids is 2. The molecule has 0 bridgehead atoms. The van der Waals surface area contributed by atoms with Crippen molar-refractivity contribution < 1.29 is 28.5 Å². The third-order valence-electron chi connectivity index (χ3n) is 6.08. The summed E-state index contributed by atoms with van der Waals surface area (Å²) in [7, 11) is 4.59. The molecule has 1 aromatic carbocycles. The van der Waals surface area contributed by atoms with Gasteiger partial charge in [0.25, 0.3) is 5.91 Å². The molecule has 1 aromatic rings. The minimum atomic E-state index is -0.565. The number of rotatable bonds is 7. The van der Waals surface area contributed by atoms with Crippen molar-refractivity contribution in [2.45, 2.75) is 32.1 Å². The number of methoxy groups -OCH3 is 3. The number of benzene rings is 1. The minimum Gasteiger partial charge on any atom is -0.493 e. The number of nitrogens with zero attached hydrogens (tertiary/aromatic N) is 1. The normalized spacial score (nSPS) is 21.1. The van der Waals surface area contributed by atoms with Crippen molar-refractivity contribution in [3.8, 4) is 17.2 Å². The summed E-state index contributed by atoms with van der Waals surface area (Å²) in [6, 6.07) is 3.45. The fourth-order valence-corrected chi connectivity index (χ4v) is 4.46. The molecule has 0 unspecified atom stereocenters. The lowest BCUT2D eigenvalue weighted by Crippen LogP contribution is -2.46. The first-order chi connectivity index (χ1) is 14.5. The van der Waals surface area contributed by atoms with Gasteiger partial charge < -0.3 is 23.8 Å². The van der Waals surface area contributed by atoms with E-state index in [4.69, 9.17) is 18.9 Å². The number of esters is 1. The van der Waals surface area contributed by atoms with Crippen LogP contribution in [-0.2, 0) is 14.3 Å². The van der Waals surface area contributed by atoms with Crippen LogP contribution in [0, 0.1) is 11.8 Å². The molecule has 1 saturated carbocycles. The standard InChI is InChI=1S/C23H31NO6/c1-27-19-12-16(13-20(28-2)23(19)29-3)8-9-22(26)30-15-21(25)24-11-10-17-6-4-5-7-18(17)14-24/h8-9,12-13,17-18H,4-7,10-11,14-15H2,1-3H3/b9-8+/t17-,18+/m1/s1. The van der Waals surface area contributed by atoms with Gasteiger partial charge in [0.2, 0.25) is 5.75 Å². The molecule has 164 valence electrons. The highest BCUT2D eigenvalue weighted by Crippen LogP contribution is 2.38. The summed E-state index contributed by atoms with van der Waals surface area (Å²) in [4.78, 5) is 26.4. The molecule has 1 aliphatic heterocycles. The van der Waals surface area contributed by atoms with Gasteiger partial charge in [-0.05, 0) is 48.4 Å². The molecule has 0 aromatic heterocycles. The maximum atomic E-state index is 12.5. The van der Waals surface area contributed by atoms with E-state index < -0.39 is 5.97 Å². The van der Waals surface area contributed by atoms with Crippen molar-refractivity contribution >= 4 is 18.0 Å². The van der Waals surface area contributed by atoms with Crippen LogP contribution in [0.5, 0.6) is 17.2 Å². The Morgan fingerprint density at radius 2 is 1.67 bits per heavy atom. The Labute approximate surface area is 177 Å². The second-order valence-electron chi connectivity index (χ2n) is 7.83. The van der Waals surface area contributed by atoms with Gasteiger partial charge in [-0.25, -0.2) is 4.79 Å². The smallest absolute Gasteiger partial charge is 0.331 e. The van der Waals surface area contributed by atoms with E-state index in [1.807, 2.05) is 4.90 Å². The average molecular weight is 418 g/mol. The third kappa shape index (κ3) is 5.26. The van der Waals surface area contributed by atoms with Gasteiger partial charge in [-0.3, -0.25) is 4.79 Å². The molecule has 1 aliphatic carbocycles. The summed E-state index contributed by atoms with van der Waals surface area (Å²) < 4.78 is 21.1. The first-order valence-corrected chi connectivity index (χ1v) is 10.5. The Bertz CT molecular complexity index is 765. The van der Waals surface area contributed by atoms with E-state index in [1.54, 1.807) is 18.2 Å². The summed E-state index contributed by atoms with van der Waals surface area (Å²) >= 11 is 0. The van der Waals surface area contributed by atoms with Gasteiger partial charge in [-0.1, -0.05) is 19.3 Å². The van der Waals surface area contributed by atoms with Crippen molar-refractivity contribution in [2.24, 2.45) is 11.8 Å². The zero-order chi connectivity index (χ0) is 21.5. The molecule has 7 nitrogen and oxygen atoms in total. The minimum absolute atomic E-state index is 0.117. The number of piperidine rings is 1. The molecule has 1 saturated heterocycles. The first kappa shape index (κ1) is 22.0. The quantitative estimate of drug-likeness (QED) is 0.501. The van der Waals surface area contributed by atoms with Gasteiger partial charge in [0.1, 0.15) is 0 Å². The molecule has 7 heteroatoms. The van der Waals surface area contributed by atoms with Crippen molar-refractivity contribution in [1.82, 2.24) is 4.90 Å². The van der Waals surface area contributed by atoms with Crippen LogP contribution in [0.1, 0.15) is 37.7 Å². The molecule has 2 fully saturated rings. The highest BCUT2D eigenvalue weighted by molar-refractivity contribution is 5.89. The lowest BCUT2D eigenvalue weighted by Gasteiger charge is -2.41. The lowest BCUT2D eigenvalue weighted by molar-refractivity contribution is -0.149. The third-order valence-corrected chi connectivity index (χ3v) is 6.08. The highest BCUT2D eigenvalue weighted by Gasteiger charge is 2.33. The summed E-state index contributed by atoms with van der Waals surface area (Å²) in [5, 5.41) is 0. The molecule has 1 amide bonds. The van der Waals surface area contributed by atoms with Crippen LogP contribution in [-0.4, -0.2) is 57.8 Å². The molecule has 3 rings (SSSR count). The van der Waals surface area contributed by atoms with Crippen LogP contribution in [0.4, 0.5) is 0 Å². The van der Waals surface area contributed by atoms with E-state index >= 15 is 0 Å². The van der Waals surface area contributed by atoms with Crippen molar-refractivity contribution in [1.29, 1.82) is 0 Å². The Kier molecular flexibility index (Phi) is 7.60. The molecule has 0 N–H and O–H groups in total. The zero-order valence-electron chi connectivity index (χ0n) is 18.0. The summed E-state index contributed by atoms with van der Waals surface area (Å²) in [6.45, 7) is 1.33. The summed E-state index contributed by atoms with van der Waals surface area (Å²) in [5.41, 5.74) is 0.687. The zero-order valence-corrected chi connectivity index (χ0v) is 18.0. The van der Waals surface area contributed by atoms with Crippen LogP contribution in [0.2, 0.25) is 0 Å². The van der Waals surface area contributed by atoms with Crippen LogP contribution in [0.25, 0.3) is 6.08 Å². The van der Waals surface area contributed by atoms with Gasteiger partial charge >= 0.3 is 5.97 Å². The monoisotopic (exact) mass is 417 g/mol. The number of fused-ring (bicyclic) bond motifs is 1. The van der Waals surface area contributed by atoms with Crippen LogP contribution in [0.15, 0.2) is 18.2 Å². The van der Waals surface area contributed by atoms with E-state index in [0.717, 1.165) is 25.4 Å². The Balaban J connectivity index is 1.53. The SMILES string of the molecule is COc1cc(/C=C/C(=O)OCC(=O)N2CC[C@H]3CCCC[C@H]3C2)cc(OC)c1OC. The molecular formula is C23H31NO6. The lowest BCUT2D eigenvalue weighted by atomic mass is 9.75. The Morgan fingerprint density at radius 1 is 1.00 bits per heavy atom. The largest absolute Gasteiger partial charge is 0.493 e. The molecule has 0 spiro atoms. The van der Waals surface area contributed by atoms with Crippen LogP contribution >= 0.6 is 0 Å². The fourth-order valence-electron chi connectivity index (χ4n) is 4.46. The molecule has 0 radical (unpaired) electrons. The highest BCUT2D eigenvalue weighted by atomic mass is 16.5. The predicted molar refractivity (Wildman–Crippen MR) is 113 cm³/mol. The van der Waals surface area contributed by atoms with Gasteiger partial charge in [0.15, 0.2) is 18.1 Å². The number of ether oxygens (including phenoxy) is 4. The van der Waals surface area contributed by atoms with Crippen LogP contribution in [0.3, 0.4) is 0 Å². The van der Waals surface area contributed by atoms with E-state index in [1.165, 1.54) is 53.1 Å². The van der Waals surface area contributed by atoms with Crippen LogP contribution < -0.4 is 14.2 Å². The first-order valence-electron chi connectivity index (χ1n) is 10.5. The molecule has 2 atom stereocenters. The second kappa shape index (κ2) is 10.4. The maximum Gasteiger partial charge on any atom is 0.331 e. The molecule has 30 heavy (non-hydrogen) atoms. The number of amides is 1. The van der Waals surface area contributed by atoms with Gasteiger partial charge in [-0.2, -0.15) is 0 Å². The number of likely N-dealkylation sites (tertiary alicyclic amines) is 1. The Hall–Kier alpha value is -2.70. The number of hydrogen-bond donors (Lipinski definition) is 0. The fraction of sp³-hybridized carbons (Fsp3) is 0.565.